The Hall–Kier alpha value is -2.21. The van der Waals surface area contributed by atoms with Crippen molar-refractivity contribution in [3.05, 3.63) is 48.5 Å². The molecule has 2 heterocycles. The van der Waals surface area contributed by atoms with Crippen LogP contribution in [0.2, 0.25) is 0 Å². The van der Waals surface area contributed by atoms with E-state index >= 15 is 0 Å². The number of nitrogens with zero attached hydrogens (tertiary/aromatic N) is 5. The van der Waals surface area contributed by atoms with Crippen LogP contribution in [-0.4, -0.2) is 56.1 Å². The molecule has 0 saturated carbocycles. The van der Waals surface area contributed by atoms with Crippen LogP contribution in [0, 0.1) is 0 Å². The van der Waals surface area contributed by atoms with E-state index in [0.29, 0.717) is 0 Å². The second-order valence-electron chi connectivity index (χ2n) is 6.70. The maximum atomic E-state index is 12.8. The van der Waals surface area contributed by atoms with Gasteiger partial charge in [-0.05, 0) is 31.4 Å². The Morgan fingerprint density at radius 2 is 2.16 bits per heavy atom. The zero-order chi connectivity index (χ0) is 17.5. The van der Waals surface area contributed by atoms with E-state index in [1.165, 1.54) is 11.9 Å². The van der Waals surface area contributed by atoms with Gasteiger partial charge in [-0.1, -0.05) is 37.3 Å². The Morgan fingerprint density at radius 1 is 1.32 bits per heavy atom. The zero-order valence-electron chi connectivity index (χ0n) is 14.9. The van der Waals surface area contributed by atoms with Gasteiger partial charge >= 0.3 is 0 Å². The van der Waals surface area contributed by atoms with Crippen LogP contribution in [0.25, 0.3) is 0 Å². The fraction of sp³-hybridized carbons (Fsp3) is 0.526. The molecule has 0 N–H and O–H groups in total. The molecule has 1 aliphatic heterocycles. The number of carbonyl (C=O) groups excluding carboxylic acids is 1. The van der Waals surface area contributed by atoms with E-state index in [-0.39, 0.29) is 18.5 Å². The first-order valence-electron chi connectivity index (χ1n) is 9.14. The van der Waals surface area contributed by atoms with Crippen LogP contribution < -0.4 is 0 Å². The van der Waals surface area contributed by atoms with Gasteiger partial charge in [-0.15, -0.1) is 0 Å². The van der Waals surface area contributed by atoms with E-state index in [2.05, 4.69) is 51.1 Å². The highest BCUT2D eigenvalue weighted by atomic mass is 16.2. The Balaban J connectivity index is 1.62. The third kappa shape index (κ3) is 4.89. The average molecular weight is 341 g/mol. The monoisotopic (exact) mass is 341 g/mol. The summed E-state index contributed by atoms with van der Waals surface area (Å²) in [5.74, 6) is 0.138. The molecule has 134 valence electrons. The summed E-state index contributed by atoms with van der Waals surface area (Å²) in [6.45, 7) is 6.20. The van der Waals surface area contributed by atoms with E-state index in [9.17, 15) is 4.79 Å². The molecule has 0 unspecified atom stereocenters. The molecule has 3 rings (SSSR count). The van der Waals surface area contributed by atoms with Gasteiger partial charge < -0.3 is 4.90 Å². The molecule has 6 heteroatoms. The second kappa shape index (κ2) is 8.76. The van der Waals surface area contributed by atoms with Crippen molar-refractivity contribution in [2.75, 3.05) is 19.6 Å². The number of piperidine rings is 1. The second-order valence-corrected chi connectivity index (χ2v) is 6.70. The molecule has 6 nitrogen and oxygen atoms in total. The van der Waals surface area contributed by atoms with Gasteiger partial charge in [0.05, 0.1) is 0 Å². The first kappa shape index (κ1) is 17.6. The maximum Gasteiger partial charge on any atom is 0.244 e. The standard InChI is InChI=1S/C19H27N5O/c1-2-10-24(19(25)14-23-16-20-15-21-23)18-9-6-11-22(13-18)12-17-7-4-3-5-8-17/h3-5,7-8,15-16,18H,2,6,9-14H2,1H3/t18-/m0/s1. The van der Waals surface area contributed by atoms with Crippen molar-refractivity contribution >= 4 is 5.91 Å². The van der Waals surface area contributed by atoms with Crippen LogP contribution in [0.5, 0.6) is 0 Å². The lowest BCUT2D eigenvalue weighted by atomic mass is 10.0. The lowest BCUT2D eigenvalue weighted by Crippen LogP contribution is -2.51. The van der Waals surface area contributed by atoms with Crippen LogP contribution in [0.3, 0.4) is 0 Å². The Morgan fingerprint density at radius 3 is 2.88 bits per heavy atom. The van der Waals surface area contributed by atoms with E-state index in [1.54, 1.807) is 11.0 Å². The predicted molar refractivity (Wildman–Crippen MR) is 96.8 cm³/mol. The highest BCUT2D eigenvalue weighted by Gasteiger charge is 2.28. The molecule has 1 aromatic heterocycles. The van der Waals surface area contributed by atoms with E-state index in [1.807, 2.05) is 6.07 Å². The molecular formula is C19H27N5O. The van der Waals surface area contributed by atoms with Gasteiger partial charge in [0.25, 0.3) is 0 Å². The van der Waals surface area contributed by atoms with Crippen LogP contribution in [-0.2, 0) is 17.9 Å². The fourth-order valence-electron chi connectivity index (χ4n) is 3.57. The zero-order valence-corrected chi connectivity index (χ0v) is 14.9. The number of amides is 1. The fourth-order valence-corrected chi connectivity index (χ4v) is 3.57. The molecule has 1 atom stereocenters. The van der Waals surface area contributed by atoms with Gasteiger partial charge in [0, 0.05) is 25.7 Å². The van der Waals surface area contributed by atoms with Crippen molar-refractivity contribution in [2.45, 2.75) is 45.3 Å². The molecule has 1 fully saturated rings. The third-order valence-corrected chi connectivity index (χ3v) is 4.72. The highest BCUT2D eigenvalue weighted by molar-refractivity contribution is 5.76. The quantitative estimate of drug-likeness (QED) is 0.775. The summed E-state index contributed by atoms with van der Waals surface area (Å²) in [7, 11) is 0. The molecular weight excluding hydrogens is 314 g/mol. The predicted octanol–water partition coefficient (Wildman–Crippen LogP) is 2.18. The molecule has 1 amide bonds. The van der Waals surface area contributed by atoms with E-state index in [4.69, 9.17) is 0 Å². The summed E-state index contributed by atoms with van der Waals surface area (Å²) in [5, 5.41) is 4.06. The Kier molecular flexibility index (Phi) is 6.17. The van der Waals surface area contributed by atoms with Crippen LogP contribution in [0.4, 0.5) is 0 Å². The molecule has 1 saturated heterocycles. The molecule has 0 aliphatic carbocycles. The Labute approximate surface area is 149 Å². The first-order chi connectivity index (χ1) is 12.3. The van der Waals surface area contributed by atoms with Crippen LogP contribution in [0.1, 0.15) is 31.7 Å². The minimum Gasteiger partial charge on any atom is -0.337 e. The summed E-state index contributed by atoms with van der Waals surface area (Å²) < 4.78 is 1.61. The molecule has 0 radical (unpaired) electrons. The Bertz CT molecular complexity index is 643. The molecule has 25 heavy (non-hydrogen) atoms. The number of hydrogen-bond acceptors (Lipinski definition) is 4. The van der Waals surface area contributed by atoms with Crippen molar-refractivity contribution in [3.8, 4) is 0 Å². The van der Waals surface area contributed by atoms with Gasteiger partial charge in [-0.25, -0.2) is 9.67 Å². The van der Waals surface area contributed by atoms with Crippen molar-refractivity contribution in [3.63, 3.8) is 0 Å². The summed E-state index contributed by atoms with van der Waals surface area (Å²) in [6.07, 6.45) is 6.26. The van der Waals surface area contributed by atoms with Crippen molar-refractivity contribution < 1.29 is 4.79 Å². The van der Waals surface area contributed by atoms with E-state index in [0.717, 1.165) is 45.4 Å². The third-order valence-electron chi connectivity index (χ3n) is 4.72. The lowest BCUT2D eigenvalue weighted by Gasteiger charge is -2.39. The molecule has 1 aromatic carbocycles. The number of aromatic nitrogens is 3. The number of rotatable bonds is 7. The lowest BCUT2D eigenvalue weighted by molar-refractivity contribution is -0.135. The largest absolute Gasteiger partial charge is 0.337 e. The van der Waals surface area contributed by atoms with Crippen molar-refractivity contribution in [2.24, 2.45) is 0 Å². The molecule has 0 spiro atoms. The smallest absolute Gasteiger partial charge is 0.244 e. The summed E-state index contributed by atoms with van der Waals surface area (Å²) in [4.78, 5) is 21.2. The molecule has 2 aromatic rings. The summed E-state index contributed by atoms with van der Waals surface area (Å²) in [5.41, 5.74) is 1.33. The summed E-state index contributed by atoms with van der Waals surface area (Å²) >= 11 is 0. The SMILES string of the molecule is CCCN(C(=O)Cn1cncn1)[C@H]1CCCN(Cc2ccccc2)C1. The van der Waals surface area contributed by atoms with Gasteiger partial charge in [0.15, 0.2) is 0 Å². The van der Waals surface area contributed by atoms with Gasteiger partial charge in [0.2, 0.25) is 5.91 Å². The number of carbonyl (C=O) groups is 1. The van der Waals surface area contributed by atoms with E-state index < -0.39 is 0 Å². The van der Waals surface area contributed by atoms with Crippen molar-refractivity contribution in [1.29, 1.82) is 0 Å². The number of likely N-dealkylation sites (tertiary alicyclic amines) is 1. The minimum absolute atomic E-state index is 0.138. The van der Waals surface area contributed by atoms with Gasteiger partial charge in [-0.2, -0.15) is 5.10 Å². The highest BCUT2D eigenvalue weighted by Crippen LogP contribution is 2.19. The number of benzene rings is 1. The first-order valence-corrected chi connectivity index (χ1v) is 9.14. The topological polar surface area (TPSA) is 54.3 Å². The molecule has 0 bridgehead atoms. The maximum absolute atomic E-state index is 12.8. The summed E-state index contributed by atoms with van der Waals surface area (Å²) in [6, 6.07) is 10.8. The normalized spacial score (nSPS) is 18.2. The minimum atomic E-state index is 0.138. The van der Waals surface area contributed by atoms with Crippen LogP contribution >= 0.6 is 0 Å². The average Bonchev–Trinajstić information content (AvgIpc) is 3.13. The van der Waals surface area contributed by atoms with Gasteiger partial charge in [-0.3, -0.25) is 9.69 Å². The van der Waals surface area contributed by atoms with Crippen molar-refractivity contribution in [1.82, 2.24) is 24.6 Å². The number of hydrogen-bond donors (Lipinski definition) is 0. The van der Waals surface area contributed by atoms with Crippen LogP contribution in [0.15, 0.2) is 43.0 Å². The molecule has 1 aliphatic rings. The van der Waals surface area contributed by atoms with Gasteiger partial charge in [0.1, 0.15) is 19.2 Å².